The molecule has 1 aliphatic rings. The van der Waals surface area contributed by atoms with Gasteiger partial charge in [0.15, 0.2) is 0 Å². The predicted molar refractivity (Wildman–Crippen MR) is 140 cm³/mol. The second kappa shape index (κ2) is 9.94. The molecule has 0 radical (unpaired) electrons. The molecule has 4 aromatic rings. The quantitative estimate of drug-likeness (QED) is 0.264. The van der Waals surface area contributed by atoms with E-state index in [1.807, 2.05) is 49.4 Å². The molecule has 1 aliphatic heterocycles. The van der Waals surface area contributed by atoms with Crippen molar-refractivity contribution in [2.75, 3.05) is 5.32 Å². The number of aromatic amines is 1. The highest BCUT2D eigenvalue weighted by molar-refractivity contribution is 6.18. The lowest BCUT2D eigenvalue weighted by atomic mass is 10.0. The van der Waals surface area contributed by atoms with Crippen LogP contribution in [-0.2, 0) is 11.2 Å². The van der Waals surface area contributed by atoms with Gasteiger partial charge in [-0.05, 0) is 49.6 Å². The molecule has 0 aliphatic carbocycles. The van der Waals surface area contributed by atoms with E-state index in [4.69, 9.17) is 0 Å². The number of pyridine rings is 1. The summed E-state index contributed by atoms with van der Waals surface area (Å²) in [6.07, 6.45) is 2.80. The average Bonchev–Trinajstić information content (AvgIpc) is 3.16. The summed E-state index contributed by atoms with van der Waals surface area (Å²) >= 11 is 0. The van der Waals surface area contributed by atoms with Crippen molar-refractivity contribution < 1.29 is 19.5 Å². The second-order valence-corrected chi connectivity index (χ2v) is 8.76. The van der Waals surface area contributed by atoms with E-state index < -0.39 is 23.9 Å². The largest absolute Gasteiger partial charge is 0.465 e. The van der Waals surface area contributed by atoms with Crippen LogP contribution in [0.2, 0.25) is 0 Å². The number of aromatic nitrogens is 2. The van der Waals surface area contributed by atoms with Crippen LogP contribution in [0.1, 0.15) is 33.6 Å². The number of amides is 3. The van der Waals surface area contributed by atoms with Gasteiger partial charge >= 0.3 is 6.09 Å². The van der Waals surface area contributed by atoms with Crippen LogP contribution in [0, 0.1) is 6.92 Å². The topological polar surface area (TPSA) is 149 Å². The number of carboxylic acid groups (broad SMARTS) is 1. The van der Waals surface area contributed by atoms with Crippen molar-refractivity contribution in [2.45, 2.75) is 25.8 Å². The molecule has 2 aromatic heterocycles. The van der Waals surface area contributed by atoms with Crippen molar-refractivity contribution in [3.05, 3.63) is 83.2 Å². The van der Waals surface area contributed by atoms with Crippen molar-refractivity contribution in [2.24, 2.45) is 5.10 Å². The third-order valence-corrected chi connectivity index (χ3v) is 6.19. The van der Waals surface area contributed by atoms with Crippen LogP contribution >= 0.6 is 0 Å². The van der Waals surface area contributed by atoms with Gasteiger partial charge in [-0.1, -0.05) is 30.3 Å². The average molecular weight is 497 g/mol. The van der Waals surface area contributed by atoms with Gasteiger partial charge in [-0.25, -0.2) is 10.2 Å². The number of carbonyl (C=O) groups excluding carboxylic acids is 2. The zero-order valence-electron chi connectivity index (χ0n) is 19.9. The van der Waals surface area contributed by atoms with E-state index in [1.54, 1.807) is 24.5 Å². The van der Waals surface area contributed by atoms with Gasteiger partial charge in [0.1, 0.15) is 6.04 Å². The van der Waals surface area contributed by atoms with Crippen LogP contribution in [0.5, 0.6) is 0 Å². The third kappa shape index (κ3) is 5.03. The first-order valence-electron chi connectivity index (χ1n) is 11.7. The van der Waals surface area contributed by atoms with E-state index in [9.17, 15) is 19.5 Å². The Bertz CT molecular complexity index is 1530. The molecule has 0 spiro atoms. The minimum Gasteiger partial charge on any atom is -0.465 e. The normalized spacial score (nSPS) is 13.1. The molecule has 2 aromatic carbocycles. The van der Waals surface area contributed by atoms with E-state index in [0.717, 1.165) is 28.1 Å². The first-order chi connectivity index (χ1) is 17.9. The highest BCUT2D eigenvalue weighted by Gasteiger charge is 2.25. The smallest absolute Gasteiger partial charge is 0.405 e. The maximum absolute atomic E-state index is 13.1. The zero-order chi connectivity index (χ0) is 25.9. The van der Waals surface area contributed by atoms with Crippen molar-refractivity contribution in [1.82, 2.24) is 20.7 Å². The van der Waals surface area contributed by atoms with Gasteiger partial charge in [-0.2, -0.15) is 5.10 Å². The molecular weight excluding hydrogens is 472 g/mol. The lowest BCUT2D eigenvalue weighted by Crippen LogP contribution is -2.43. The van der Waals surface area contributed by atoms with Crippen LogP contribution in [0.4, 0.5) is 10.5 Å². The van der Waals surface area contributed by atoms with E-state index in [-0.39, 0.29) is 6.42 Å². The number of aryl methyl sites for hydroxylation is 2. The molecule has 0 bridgehead atoms. The van der Waals surface area contributed by atoms with Crippen molar-refractivity contribution in [1.29, 1.82) is 0 Å². The number of hydrazone groups is 1. The maximum atomic E-state index is 13.1. The van der Waals surface area contributed by atoms with E-state index in [2.05, 4.69) is 31.1 Å². The number of benzene rings is 2. The summed E-state index contributed by atoms with van der Waals surface area (Å²) in [6, 6.07) is 15.6. The van der Waals surface area contributed by atoms with Gasteiger partial charge < -0.3 is 20.7 Å². The summed E-state index contributed by atoms with van der Waals surface area (Å²) in [7, 11) is 0. The SMILES string of the molecule is Cc1ccc(-c2[nH]c3cc(NC(=O)[C@@H](CCc4ccccc4)NC(=O)O)cc4c3c2C=NNC4=O)cn1. The molecule has 3 heterocycles. The molecule has 0 fully saturated rings. The van der Waals surface area contributed by atoms with Gasteiger partial charge in [0.05, 0.1) is 17.5 Å². The van der Waals surface area contributed by atoms with Crippen LogP contribution in [-0.4, -0.2) is 45.2 Å². The highest BCUT2D eigenvalue weighted by atomic mass is 16.4. The van der Waals surface area contributed by atoms with Gasteiger partial charge in [0.25, 0.3) is 5.91 Å². The van der Waals surface area contributed by atoms with Crippen LogP contribution in [0.3, 0.4) is 0 Å². The van der Waals surface area contributed by atoms with Crippen molar-refractivity contribution in [3.63, 3.8) is 0 Å². The van der Waals surface area contributed by atoms with Gasteiger partial charge in [0, 0.05) is 39.6 Å². The van der Waals surface area contributed by atoms with E-state index >= 15 is 0 Å². The second-order valence-electron chi connectivity index (χ2n) is 8.76. The van der Waals surface area contributed by atoms with Gasteiger partial charge in [-0.15, -0.1) is 0 Å². The molecule has 1 atom stereocenters. The summed E-state index contributed by atoms with van der Waals surface area (Å²) in [6.45, 7) is 1.90. The lowest BCUT2D eigenvalue weighted by Gasteiger charge is -2.17. The number of H-pyrrole nitrogens is 1. The molecule has 186 valence electrons. The minimum atomic E-state index is -1.29. The van der Waals surface area contributed by atoms with E-state index in [1.165, 1.54) is 0 Å². The molecule has 5 N–H and O–H groups in total. The van der Waals surface area contributed by atoms with Crippen molar-refractivity contribution >= 4 is 40.7 Å². The summed E-state index contributed by atoms with van der Waals surface area (Å²) in [4.78, 5) is 45.0. The number of anilines is 1. The summed E-state index contributed by atoms with van der Waals surface area (Å²) in [5, 5.41) is 19.1. The number of nitrogens with zero attached hydrogens (tertiary/aromatic N) is 2. The fourth-order valence-corrected chi connectivity index (χ4v) is 4.40. The van der Waals surface area contributed by atoms with E-state index in [0.29, 0.717) is 28.6 Å². The Balaban J connectivity index is 1.47. The first-order valence-corrected chi connectivity index (χ1v) is 11.7. The fourth-order valence-electron chi connectivity index (χ4n) is 4.40. The Morgan fingerprint density at radius 3 is 2.65 bits per heavy atom. The Morgan fingerprint density at radius 1 is 1.11 bits per heavy atom. The summed E-state index contributed by atoms with van der Waals surface area (Å²) < 4.78 is 0. The molecular formula is C27H24N6O4. The summed E-state index contributed by atoms with van der Waals surface area (Å²) in [5.74, 6) is -0.946. The molecule has 10 nitrogen and oxygen atoms in total. The monoisotopic (exact) mass is 496 g/mol. The third-order valence-electron chi connectivity index (χ3n) is 6.19. The number of carbonyl (C=O) groups is 3. The van der Waals surface area contributed by atoms with Gasteiger partial charge in [0.2, 0.25) is 5.91 Å². The maximum Gasteiger partial charge on any atom is 0.405 e. The van der Waals surface area contributed by atoms with Gasteiger partial charge in [-0.3, -0.25) is 14.6 Å². The Labute approximate surface area is 211 Å². The Morgan fingerprint density at radius 2 is 1.92 bits per heavy atom. The molecule has 0 saturated heterocycles. The van der Waals surface area contributed by atoms with Crippen LogP contribution in [0.15, 0.2) is 65.9 Å². The van der Waals surface area contributed by atoms with Crippen molar-refractivity contribution in [3.8, 4) is 11.3 Å². The predicted octanol–water partition coefficient (Wildman–Crippen LogP) is 3.82. The van der Waals surface area contributed by atoms with Crippen LogP contribution < -0.4 is 16.1 Å². The first kappa shape index (κ1) is 23.7. The Kier molecular flexibility index (Phi) is 6.38. The molecule has 10 heteroatoms. The molecule has 0 saturated carbocycles. The number of rotatable bonds is 7. The summed E-state index contributed by atoms with van der Waals surface area (Å²) in [5.41, 5.74) is 7.93. The molecule has 37 heavy (non-hydrogen) atoms. The standard InChI is InChI=1S/C27H24N6O4/c1-15-7-9-17(13-28-15)24-20-14-29-33-25(34)19-11-18(12-22(31-24)23(19)20)30-26(35)21(32-27(36)37)10-8-16-5-3-2-4-6-16/h2-7,9,11-14,21,31-32H,8,10H2,1H3,(H,30,35)(H,33,34)(H,36,37)/t21-/m1/s1. The highest BCUT2D eigenvalue weighted by Crippen LogP contribution is 2.34. The van der Waals surface area contributed by atoms with Crippen LogP contribution in [0.25, 0.3) is 22.2 Å². The minimum absolute atomic E-state index is 0.267. The zero-order valence-corrected chi connectivity index (χ0v) is 19.9. The number of nitrogens with one attached hydrogen (secondary N) is 4. The fraction of sp³-hybridized carbons (Fsp3) is 0.148. The number of hydrogen-bond acceptors (Lipinski definition) is 5. The number of hydrogen-bond donors (Lipinski definition) is 5. The lowest BCUT2D eigenvalue weighted by molar-refractivity contribution is -0.118. The molecule has 0 unspecified atom stereocenters. The Hall–Kier alpha value is -4.99. The molecule has 5 rings (SSSR count). The molecule has 3 amide bonds.